The predicted molar refractivity (Wildman–Crippen MR) is 71.6 cm³/mol. The summed E-state index contributed by atoms with van der Waals surface area (Å²) < 4.78 is 0. The first-order valence-electron chi connectivity index (χ1n) is 5.59. The second-order valence-corrected chi connectivity index (χ2v) is 5.33. The van der Waals surface area contributed by atoms with Gasteiger partial charge in [-0.1, -0.05) is 48.0 Å². The Morgan fingerprint density at radius 1 is 0.812 bits per heavy atom. The SMILES string of the molecule is Cc1ccc(-c2ccc3c(c2)CSC3)cc1. The van der Waals surface area contributed by atoms with Crippen LogP contribution in [0.3, 0.4) is 0 Å². The highest BCUT2D eigenvalue weighted by Crippen LogP contribution is 2.33. The lowest BCUT2D eigenvalue weighted by Gasteiger charge is -2.05. The average Bonchev–Trinajstić information content (AvgIpc) is 2.77. The van der Waals surface area contributed by atoms with Gasteiger partial charge in [0.05, 0.1) is 0 Å². The van der Waals surface area contributed by atoms with E-state index in [4.69, 9.17) is 0 Å². The van der Waals surface area contributed by atoms with E-state index in [1.807, 2.05) is 11.8 Å². The Hall–Kier alpha value is -1.21. The standard InChI is InChI=1S/C15H14S/c1-11-2-4-12(5-3-11)13-6-7-14-9-16-10-15(14)8-13/h2-8H,9-10H2,1H3. The topological polar surface area (TPSA) is 0 Å². The first-order chi connectivity index (χ1) is 7.83. The highest BCUT2D eigenvalue weighted by atomic mass is 32.2. The highest BCUT2D eigenvalue weighted by Gasteiger charge is 2.11. The lowest BCUT2D eigenvalue weighted by molar-refractivity contribution is 1.35. The summed E-state index contributed by atoms with van der Waals surface area (Å²) in [6.07, 6.45) is 0. The van der Waals surface area contributed by atoms with Crippen LogP contribution in [0.25, 0.3) is 11.1 Å². The second kappa shape index (κ2) is 3.99. The van der Waals surface area contributed by atoms with Crippen LogP contribution >= 0.6 is 11.8 Å². The largest absolute Gasteiger partial charge is 0.152 e. The summed E-state index contributed by atoms with van der Waals surface area (Å²) in [6, 6.07) is 15.6. The van der Waals surface area contributed by atoms with Gasteiger partial charge in [-0.25, -0.2) is 0 Å². The van der Waals surface area contributed by atoms with Gasteiger partial charge in [0.1, 0.15) is 0 Å². The molecule has 80 valence electrons. The zero-order valence-electron chi connectivity index (χ0n) is 9.36. The quantitative estimate of drug-likeness (QED) is 0.694. The third-order valence-electron chi connectivity index (χ3n) is 3.11. The molecule has 1 heterocycles. The van der Waals surface area contributed by atoms with Crippen molar-refractivity contribution in [3.05, 3.63) is 59.2 Å². The molecule has 0 saturated carbocycles. The van der Waals surface area contributed by atoms with Gasteiger partial charge < -0.3 is 0 Å². The fourth-order valence-corrected chi connectivity index (χ4v) is 3.19. The van der Waals surface area contributed by atoms with Gasteiger partial charge in [-0.05, 0) is 29.2 Å². The molecule has 0 nitrogen and oxygen atoms in total. The Morgan fingerprint density at radius 2 is 1.50 bits per heavy atom. The lowest BCUT2D eigenvalue weighted by atomic mass is 10.00. The number of aryl methyl sites for hydroxylation is 1. The van der Waals surface area contributed by atoms with Crippen LogP contribution in [0.2, 0.25) is 0 Å². The molecule has 0 amide bonds. The van der Waals surface area contributed by atoms with Gasteiger partial charge in [-0.3, -0.25) is 0 Å². The number of hydrogen-bond acceptors (Lipinski definition) is 1. The summed E-state index contributed by atoms with van der Waals surface area (Å²) in [6.45, 7) is 2.13. The van der Waals surface area contributed by atoms with E-state index < -0.39 is 0 Å². The van der Waals surface area contributed by atoms with E-state index >= 15 is 0 Å². The monoisotopic (exact) mass is 226 g/mol. The molecular weight excluding hydrogens is 212 g/mol. The fraction of sp³-hybridized carbons (Fsp3) is 0.200. The van der Waals surface area contributed by atoms with Crippen molar-refractivity contribution in [3.63, 3.8) is 0 Å². The first-order valence-corrected chi connectivity index (χ1v) is 6.75. The van der Waals surface area contributed by atoms with E-state index in [0.29, 0.717) is 0 Å². The third kappa shape index (κ3) is 1.76. The van der Waals surface area contributed by atoms with Crippen LogP contribution in [0.4, 0.5) is 0 Å². The minimum Gasteiger partial charge on any atom is -0.152 e. The van der Waals surface area contributed by atoms with E-state index in [-0.39, 0.29) is 0 Å². The zero-order valence-corrected chi connectivity index (χ0v) is 10.2. The molecular formula is C15H14S. The van der Waals surface area contributed by atoms with Crippen molar-refractivity contribution in [2.45, 2.75) is 18.4 Å². The molecule has 2 aromatic carbocycles. The summed E-state index contributed by atoms with van der Waals surface area (Å²) in [4.78, 5) is 0. The van der Waals surface area contributed by atoms with Gasteiger partial charge >= 0.3 is 0 Å². The normalized spacial score (nSPS) is 13.8. The number of thioether (sulfide) groups is 1. The van der Waals surface area contributed by atoms with Gasteiger partial charge in [0.2, 0.25) is 0 Å². The number of fused-ring (bicyclic) bond motifs is 1. The summed E-state index contributed by atoms with van der Waals surface area (Å²) in [7, 11) is 0. The lowest BCUT2D eigenvalue weighted by Crippen LogP contribution is -1.84. The summed E-state index contributed by atoms with van der Waals surface area (Å²) >= 11 is 2.01. The van der Waals surface area contributed by atoms with E-state index in [2.05, 4.69) is 49.4 Å². The van der Waals surface area contributed by atoms with E-state index in [1.165, 1.54) is 39.3 Å². The molecule has 0 N–H and O–H groups in total. The predicted octanol–water partition coefficient (Wildman–Crippen LogP) is 4.41. The van der Waals surface area contributed by atoms with Gasteiger partial charge in [-0.2, -0.15) is 11.8 Å². The van der Waals surface area contributed by atoms with Gasteiger partial charge in [0.15, 0.2) is 0 Å². The molecule has 0 unspecified atom stereocenters. The number of rotatable bonds is 1. The molecule has 2 aromatic rings. The Kier molecular flexibility index (Phi) is 2.49. The molecule has 0 aromatic heterocycles. The summed E-state index contributed by atoms with van der Waals surface area (Å²) in [5.74, 6) is 2.36. The molecule has 1 aliphatic rings. The fourth-order valence-electron chi connectivity index (χ4n) is 2.10. The smallest absolute Gasteiger partial charge is 0.0191 e. The molecule has 1 aliphatic heterocycles. The number of benzene rings is 2. The van der Waals surface area contributed by atoms with Crippen LogP contribution in [0.1, 0.15) is 16.7 Å². The number of hydrogen-bond donors (Lipinski definition) is 0. The minimum atomic E-state index is 1.18. The minimum absolute atomic E-state index is 1.18. The molecule has 0 radical (unpaired) electrons. The maximum absolute atomic E-state index is 2.35. The molecule has 16 heavy (non-hydrogen) atoms. The summed E-state index contributed by atoms with van der Waals surface area (Å²) in [5.41, 5.74) is 7.02. The van der Waals surface area contributed by atoms with Gasteiger partial charge in [-0.15, -0.1) is 0 Å². The van der Waals surface area contributed by atoms with Crippen LogP contribution in [-0.4, -0.2) is 0 Å². The molecule has 0 aliphatic carbocycles. The maximum atomic E-state index is 2.35. The van der Waals surface area contributed by atoms with E-state index in [0.717, 1.165) is 0 Å². The molecule has 0 saturated heterocycles. The van der Waals surface area contributed by atoms with Crippen molar-refractivity contribution in [1.29, 1.82) is 0 Å². The van der Waals surface area contributed by atoms with E-state index in [1.54, 1.807) is 0 Å². The molecule has 3 rings (SSSR count). The molecule has 0 bridgehead atoms. The molecule has 0 spiro atoms. The molecule has 1 heteroatoms. The van der Waals surface area contributed by atoms with Gasteiger partial charge in [0.25, 0.3) is 0 Å². The van der Waals surface area contributed by atoms with Crippen molar-refractivity contribution < 1.29 is 0 Å². The second-order valence-electron chi connectivity index (χ2n) is 4.34. The van der Waals surface area contributed by atoms with E-state index in [9.17, 15) is 0 Å². The van der Waals surface area contributed by atoms with Crippen molar-refractivity contribution in [1.82, 2.24) is 0 Å². The van der Waals surface area contributed by atoms with Crippen LogP contribution < -0.4 is 0 Å². The van der Waals surface area contributed by atoms with Crippen LogP contribution in [0.15, 0.2) is 42.5 Å². The van der Waals surface area contributed by atoms with Crippen LogP contribution in [0, 0.1) is 6.92 Å². The Bertz CT molecular complexity index is 511. The Morgan fingerprint density at radius 3 is 2.31 bits per heavy atom. The van der Waals surface area contributed by atoms with Gasteiger partial charge in [0, 0.05) is 11.5 Å². The van der Waals surface area contributed by atoms with Crippen LogP contribution in [-0.2, 0) is 11.5 Å². The highest BCUT2D eigenvalue weighted by molar-refractivity contribution is 7.98. The van der Waals surface area contributed by atoms with Crippen molar-refractivity contribution >= 4 is 11.8 Å². The van der Waals surface area contributed by atoms with Crippen molar-refractivity contribution in [2.75, 3.05) is 0 Å². The summed E-state index contributed by atoms with van der Waals surface area (Å²) in [5, 5.41) is 0. The Labute approximate surface area is 101 Å². The first kappa shape index (κ1) is 9.98. The Balaban J connectivity index is 2.03. The molecule has 0 atom stereocenters. The average molecular weight is 226 g/mol. The maximum Gasteiger partial charge on any atom is 0.0191 e. The zero-order chi connectivity index (χ0) is 11.0. The molecule has 0 fully saturated rings. The van der Waals surface area contributed by atoms with Crippen molar-refractivity contribution in [2.24, 2.45) is 0 Å². The third-order valence-corrected chi connectivity index (χ3v) is 4.14. The van der Waals surface area contributed by atoms with Crippen molar-refractivity contribution in [3.8, 4) is 11.1 Å². The van der Waals surface area contributed by atoms with Crippen LogP contribution in [0.5, 0.6) is 0 Å².